The zero-order valence-corrected chi connectivity index (χ0v) is 8.81. The van der Waals surface area contributed by atoms with Crippen LogP contribution in [-0.2, 0) is 0 Å². The Balaban J connectivity index is 2.55. The zero-order valence-electron chi connectivity index (χ0n) is 8.81. The number of hydrogen-bond donors (Lipinski definition) is 0. The molecule has 5 heteroatoms. The average molecular weight is 205 g/mol. The molecule has 0 aromatic carbocycles. The second kappa shape index (κ2) is 2.85. The second-order valence-electron chi connectivity index (χ2n) is 4.41. The van der Waals surface area contributed by atoms with Crippen LogP contribution in [0.2, 0.25) is 0 Å². The van der Waals surface area contributed by atoms with Crippen molar-refractivity contribution >= 4 is 11.8 Å². The summed E-state index contributed by atoms with van der Waals surface area (Å²) >= 11 is 0. The van der Waals surface area contributed by atoms with E-state index in [-0.39, 0.29) is 17.5 Å². The summed E-state index contributed by atoms with van der Waals surface area (Å²) < 4.78 is 0. The van der Waals surface area contributed by atoms with E-state index in [1.54, 1.807) is 0 Å². The van der Waals surface area contributed by atoms with Crippen LogP contribution in [-0.4, -0.2) is 32.5 Å². The fourth-order valence-corrected chi connectivity index (χ4v) is 1.59. The van der Waals surface area contributed by atoms with Gasteiger partial charge in [-0.05, 0) is 26.8 Å². The molecule has 5 nitrogen and oxygen atoms in total. The number of fused-ring (bicyclic) bond motifs is 1. The highest BCUT2D eigenvalue weighted by Gasteiger charge is 2.43. The predicted molar refractivity (Wildman–Crippen MR) is 52.3 cm³/mol. The number of rotatable bonds is 0. The summed E-state index contributed by atoms with van der Waals surface area (Å²) in [6, 6.07) is 1.52. The fourth-order valence-electron chi connectivity index (χ4n) is 1.59. The maximum absolute atomic E-state index is 11.9. The summed E-state index contributed by atoms with van der Waals surface area (Å²) in [5.41, 5.74) is -0.0446. The highest BCUT2D eigenvalue weighted by molar-refractivity contribution is 6.20. The van der Waals surface area contributed by atoms with Gasteiger partial charge in [-0.25, -0.2) is 0 Å². The van der Waals surface area contributed by atoms with E-state index in [0.29, 0.717) is 5.56 Å². The molecule has 0 bridgehead atoms. The van der Waals surface area contributed by atoms with Gasteiger partial charge in [0.15, 0.2) is 5.69 Å². The van der Waals surface area contributed by atoms with Gasteiger partial charge in [0, 0.05) is 5.54 Å². The van der Waals surface area contributed by atoms with Crippen molar-refractivity contribution < 1.29 is 9.59 Å². The van der Waals surface area contributed by atoms with Crippen LogP contribution in [0.5, 0.6) is 0 Å². The Bertz CT molecular complexity index is 413. The first kappa shape index (κ1) is 9.76. The van der Waals surface area contributed by atoms with Gasteiger partial charge >= 0.3 is 0 Å². The molecule has 1 aliphatic rings. The van der Waals surface area contributed by atoms with Gasteiger partial charge in [0.2, 0.25) is 0 Å². The Morgan fingerprint density at radius 2 is 1.87 bits per heavy atom. The number of hydrogen-bond acceptors (Lipinski definition) is 4. The normalized spacial score (nSPS) is 15.8. The van der Waals surface area contributed by atoms with E-state index in [2.05, 4.69) is 10.2 Å². The van der Waals surface area contributed by atoms with Crippen molar-refractivity contribution in [2.24, 2.45) is 0 Å². The van der Waals surface area contributed by atoms with Gasteiger partial charge in [-0.2, -0.15) is 5.10 Å². The molecule has 1 aliphatic heterocycles. The molecule has 2 amide bonds. The van der Waals surface area contributed by atoms with Crippen LogP contribution in [0.25, 0.3) is 0 Å². The summed E-state index contributed by atoms with van der Waals surface area (Å²) in [5.74, 6) is -0.659. The number of amides is 2. The first-order valence-corrected chi connectivity index (χ1v) is 4.63. The molecule has 1 aromatic rings. The number of aromatic nitrogens is 2. The maximum atomic E-state index is 11.9. The van der Waals surface area contributed by atoms with Crippen LogP contribution in [0.15, 0.2) is 12.3 Å². The van der Waals surface area contributed by atoms with E-state index < -0.39 is 5.54 Å². The molecule has 0 fully saturated rings. The topological polar surface area (TPSA) is 63.2 Å². The van der Waals surface area contributed by atoms with Crippen molar-refractivity contribution in [3.63, 3.8) is 0 Å². The third-order valence-corrected chi connectivity index (χ3v) is 2.23. The van der Waals surface area contributed by atoms with E-state index in [1.807, 2.05) is 20.8 Å². The first-order chi connectivity index (χ1) is 6.93. The lowest BCUT2D eigenvalue weighted by Gasteiger charge is -2.29. The van der Waals surface area contributed by atoms with Crippen molar-refractivity contribution in [2.75, 3.05) is 0 Å². The Labute approximate surface area is 87.1 Å². The van der Waals surface area contributed by atoms with Gasteiger partial charge in [0.1, 0.15) is 0 Å². The minimum Gasteiger partial charge on any atom is -0.268 e. The van der Waals surface area contributed by atoms with E-state index >= 15 is 0 Å². The molecular weight excluding hydrogens is 194 g/mol. The van der Waals surface area contributed by atoms with Gasteiger partial charge in [-0.15, -0.1) is 5.10 Å². The van der Waals surface area contributed by atoms with E-state index in [1.165, 1.54) is 17.2 Å². The lowest BCUT2D eigenvalue weighted by molar-refractivity contribution is 0.0505. The molecule has 2 heterocycles. The van der Waals surface area contributed by atoms with Crippen LogP contribution in [0.4, 0.5) is 0 Å². The average Bonchev–Trinajstić information content (AvgIpc) is 2.39. The number of nitrogens with zero attached hydrogens (tertiary/aromatic N) is 3. The second-order valence-corrected chi connectivity index (χ2v) is 4.41. The molecule has 0 N–H and O–H groups in total. The summed E-state index contributed by atoms with van der Waals surface area (Å²) in [7, 11) is 0. The highest BCUT2D eigenvalue weighted by atomic mass is 16.2. The predicted octanol–water partition coefficient (Wildman–Crippen LogP) is 0.871. The van der Waals surface area contributed by atoms with Crippen LogP contribution in [0.1, 0.15) is 41.6 Å². The van der Waals surface area contributed by atoms with Crippen molar-refractivity contribution in [1.82, 2.24) is 15.1 Å². The maximum Gasteiger partial charge on any atom is 0.282 e. The largest absolute Gasteiger partial charge is 0.282 e. The summed E-state index contributed by atoms with van der Waals surface area (Å²) in [4.78, 5) is 25.0. The fraction of sp³-hybridized carbons (Fsp3) is 0.400. The zero-order chi connectivity index (χ0) is 11.2. The number of carbonyl (C=O) groups is 2. The van der Waals surface area contributed by atoms with Crippen molar-refractivity contribution in [3.05, 3.63) is 23.5 Å². The molecule has 0 atom stereocenters. The minimum absolute atomic E-state index is 0.150. The van der Waals surface area contributed by atoms with Crippen LogP contribution < -0.4 is 0 Å². The van der Waals surface area contributed by atoms with Crippen LogP contribution >= 0.6 is 0 Å². The van der Waals surface area contributed by atoms with Crippen LogP contribution in [0.3, 0.4) is 0 Å². The van der Waals surface area contributed by atoms with E-state index in [9.17, 15) is 9.59 Å². The minimum atomic E-state index is -0.533. The lowest BCUT2D eigenvalue weighted by atomic mass is 10.1. The Morgan fingerprint density at radius 3 is 2.40 bits per heavy atom. The Morgan fingerprint density at radius 1 is 1.20 bits per heavy atom. The first-order valence-electron chi connectivity index (χ1n) is 4.63. The SMILES string of the molecule is CC(C)(C)N1C(=O)c2ccnnc2C1=O. The van der Waals surface area contributed by atoms with Crippen molar-refractivity contribution in [2.45, 2.75) is 26.3 Å². The van der Waals surface area contributed by atoms with Gasteiger partial charge in [0.25, 0.3) is 11.8 Å². The van der Waals surface area contributed by atoms with Gasteiger partial charge < -0.3 is 0 Å². The van der Waals surface area contributed by atoms with Gasteiger partial charge in [0.05, 0.1) is 11.8 Å². The molecular formula is C10H11N3O2. The summed E-state index contributed by atoms with van der Waals surface area (Å²) in [6.07, 6.45) is 1.41. The number of carbonyl (C=O) groups excluding carboxylic acids is 2. The molecule has 0 saturated carbocycles. The monoisotopic (exact) mass is 205 g/mol. The Kier molecular flexibility index (Phi) is 1.86. The molecule has 78 valence electrons. The van der Waals surface area contributed by atoms with Crippen molar-refractivity contribution in [3.8, 4) is 0 Å². The smallest absolute Gasteiger partial charge is 0.268 e. The van der Waals surface area contributed by atoms with E-state index in [4.69, 9.17) is 0 Å². The quantitative estimate of drug-likeness (QED) is 0.589. The molecule has 0 unspecified atom stereocenters. The van der Waals surface area contributed by atoms with Gasteiger partial charge in [-0.3, -0.25) is 14.5 Å². The highest BCUT2D eigenvalue weighted by Crippen LogP contribution is 2.26. The summed E-state index contributed by atoms with van der Waals surface area (Å²) in [5, 5.41) is 7.30. The van der Waals surface area contributed by atoms with Crippen molar-refractivity contribution in [1.29, 1.82) is 0 Å². The van der Waals surface area contributed by atoms with Gasteiger partial charge in [-0.1, -0.05) is 0 Å². The Hall–Kier alpha value is -1.78. The third-order valence-electron chi connectivity index (χ3n) is 2.23. The molecule has 1 aromatic heterocycles. The lowest BCUT2D eigenvalue weighted by Crippen LogP contribution is -2.45. The molecule has 15 heavy (non-hydrogen) atoms. The molecule has 0 spiro atoms. The number of imide groups is 1. The summed E-state index contributed by atoms with van der Waals surface area (Å²) in [6.45, 7) is 5.42. The molecule has 0 radical (unpaired) electrons. The third kappa shape index (κ3) is 1.31. The molecule has 2 rings (SSSR count). The molecule has 0 saturated heterocycles. The standard InChI is InChI=1S/C10H11N3O2/c1-10(2,3)13-8(14)6-4-5-11-12-7(6)9(13)15/h4-5H,1-3H3. The van der Waals surface area contributed by atoms with Crippen LogP contribution in [0, 0.1) is 0 Å². The molecule has 0 aliphatic carbocycles. The van der Waals surface area contributed by atoms with E-state index in [0.717, 1.165) is 0 Å².